The van der Waals surface area contributed by atoms with Crippen LogP contribution in [-0.2, 0) is 56.5 Å². The maximum atomic E-state index is 10.3. The maximum absolute atomic E-state index is 10.3. The molecule has 3 nitrogen and oxygen atoms in total. The van der Waals surface area contributed by atoms with Gasteiger partial charge in [0, 0.05) is 34.9 Å². The number of hydrogen-bond acceptors (Lipinski definition) is 3. The van der Waals surface area contributed by atoms with Crippen molar-refractivity contribution in [1.29, 1.82) is 0 Å². The van der Waals surface area contributed by atoms with Gasteiger partial charge in [0.25, 0.3) is 0 Å². The van der Waals surface area contributed by atoms with Crippen molar-refractivity contribution in [3.05, 3.63) is 219 Å². The molecule has 376 valence electrons. The quantitative estimate of drug-likeness (QED) is 0.102. The molecule has 0 saturated heterocycles. The van der Waals surface area contributed by atoms with Gasteiger partial charge in [-0.25, -0.2) is 0 Å². The zero-order valence-electron chi connectivity index (χ0n) is 47.8. The Bertz CT molecular complexity index is 3220. The summed E-state index contributed by atoms with van der Waals surface area (Å²) in [7, 11) is 0. The fourth-order valence-electron chi connectivity index (χ4n) is 12.6. The fraction of sp³-hybridized carbons (Fsp3) is 0.357. The molecular formula is C70H72IrN3. The Kier molecular flexibility index (Phi) is 14.5. The monoisotopic (exact) mass is 1150 g/mol. The molecule has 74 heavy (non-hydrogen) atoms. The summed E-state index contributed by atoms with van der Waals surface area (Å²) in [5.41, 5.74) is 17.5. The third kappa shape index (κ3) is 11.4. The predicted octanol–water partition coefficient (Wildman–Crippen LogP) is 17.5. The summed E-state index contributed by atoms with van der Waals surface area (Å²) in [6.45, 7) is 8.49. The average Bonchev–Trinajstić information content (AvgIpc) is 4.14. The zero-order valence-corrected chi connectivity index (χ0v) is 46.2. The Morgan fingerprint density at radius 3 is 1.54 bits per heavy atom. The van der Waals surface area contributed by atoms with Crippen LogP contribution in [0, 0.1) is 45.9 Å². The third-order valence-electron chi connectivity index (χ3n) is 17.2. The minimum Gasteiger partial charge on any atom is -0.304 e. The molecule has 0 N–H and O–H groups in total. The molecule has 3 aromatic heterocycles. The number of hydrogen-bond donors (Lipinski definition) is 0. The van der Waals surface area contributed by atoms with Gasteiger partial charge >= 0.3 is 20.1 Å². The largest absolute Gasteiger partial charge is 3.00 e. The van der Waals surface area contributed by atoms with Crippen molar-refractivity contribution in [2.75, 3.05) is 0 Å². The van der Waals surface area contributed by atoms with Crippen molar-refractivity contribution in [2.45, 2.75) is 160 Å². The van der Waals surface area contributed by atoms with Gasteiger partial charge in [-0.1, -0.05) is 152 Å². The van der Waals surface area contributed by atoms with Gasteiger partial charge in [-0.2, -0.15) is 0 Å². The van der Waals surface area contributed by atoms with E-state index in [0.29, 0.717) is 35.6 Å². The van der Waals surface area contributed by atoms with E-state index >= 15 is 0 Å². The molecule has 0 amide bonds. The van der Waals surface area contributed by atoms with Crippen LogP contribution in [0.1, 0.15) is 162 Å². The van der Waals surface area contributed by atoms with Gasteiger partial charge in [0.1, 0.15) is 0 Å². The standard InChI is InChI=1S/C70H72N3.Ir/c1-49-20-23-60(38-51(49)3)66-32-30-63(47-72-66)69(34-12-6-13-35-69)44-54-40-53(41-55(42-54)45-70(36-14-7-15-37-70)64-31-33-67(73-48-64)61-24-21-50(2)52(4)39-61)22-25-62-46-71-68(59-18-8-5-9-19-59)43-65(62)58-28-26-57(27-29-58)56-16-10-11-17-56;/h5,8-9,18,20-21,26-33,38-43,46-48,56H,6-7,10-17,22,25,34-37,44-45H2,1-4H3;/q-3;+3/i22D2,25D2;. The fourth-order valence-corrected chi connectivity index (χ4v) is 12.6. The van der Waals surface area contributed by atoms with Crippen molar-refractivity contribution >= 4 is 0 Å². The molecule has 3 saturated carbocycles. The van der Waals surface area contributed by atoms with Gasteiger partial charge in [-0.15, -0.1) is 106 Å². The summed E-state index contributed by atoms with van der Waals surface area (Å²) in [6.07, 6.45) is 17.8. The van der Waals surface area contributed by atoms with Gasteiger partial charge in [-0.3, -0.25) is 0 Å². The van der Waals surface area contributed by atoms with E-state index in [1.54, 1.807) is 6.20 Å². The van der Waals surface area contributed by atoms with Crippen LogP contribution < -0.4 is 0 Å². The molecule has 3 aliphatic carbocycles. The van der Waals surface area contributed by atoms with E-state index in [9.17, 15) is 5.48 Å². The molecule has 5 aromatic carbocycles. The molecule has 4 heteroatoms. The molecular weight excluding hydrogens is 1080 g/mol. The minimum absolute atomic E-state index is 0. The SMILES string of the molecule is [2H]C([2H])(c1cc(CC2(c3ccc(-c4[c-]cc(C)c(C)c4)nc3)CCCCC2)cc(CC2(c3ccc(-c4[c-]cc(C)c(C)c4)nc3)CCCCC2)c1)C([2H])([2H])c1cnc(-c2[c-]cccc2)cc1-c1ccc(C2CCCC2)cc1.[Ir+3]. The number of benzene rings is 5. The van der Waals surface area contributed by atoms with E-state index in [2.05, 4.69) is 125 Å². The number of pyridine rings is 3. The normalized spacial score (nSPS) is 17.6. The molecule has 11 rings (SSSR count). The first-order chi connectivity index (χ1) is 37.2. The molecule has 0 bridgehead atoms. The topological polar surface area (TPSA) is 38.7 Å². The van der Waals surface area contributed by atoms with Crippen molar-refractivity contribution in [2.24, 2.45) is 0 Å². The van der Waals surface area contributed by atoms with Crippen LogP contribution in [0.25, 0.3) is 44.9 Å². The molecule has 3 aliphatic rings. The molecule has 0 aliphatic heterocycles. The van der Waals surface area contributed by atoms with Crippen molar-refractivity contribution in [3.63, 3.8) is 0 Å². The molecule has 3 fully saturated rings. The van der Waals surface area contributed by atoms with Crippen LogP contribution in [0.3, 0.4) is 0 Å². The van der Waals surface area contributed by atoms with Crippen molar-refractivity contribution < 1.29 is 25.6 Å². The predicted molar refractivity (Wildman–Crippen MR) is 302 cm³/mol. The first kappa shape index (κ1) is 46.7. The Morgan fingerprint density at radius 2 is 1.04 bits per heavy atom. The second-order valence-corrected chi connectivity index (χ2v) is 22.1. The van der Waals surface area contributed by atoms with E-state index < -0.39 is 12.7 Å². The second-order valence-electron chi connectivity index (χ2n) is 22.1. The maximum Gasteiger partial charge on any atom is 3.00 e. The third-order valence-corrected chi connectivity index (χ3v) is 17.2. The summed E-state index contributed by atoms with van der Waals surface area (Å²) in [5.74, 6) is 0.535. The number of nitrogens with zero attached hydrogens (tertiary/aromatic N) is 3. The average molecular weight is 1150 g/mol. The van der Waals surface area contributed by atoms with Crippen LogP contribution in [0.5, 0.6) is 0 Å². The van der Waals surface area contributed by atoms with Gasteiger partial charge in [0.15, 0.2) is 0 Å². The van der Waals surface area contributed by atoms with Crippen molar-refractivity contribution in [3.8, 4) is 44.9 Å². The van der Waals surface area contributed by atoms with Gasteiger partial charge in [0.2, 0.25) is 0 Å². The Labute approximate surface area is 462 Å². The van der Waals surface area contributed by atoms with E-state index in [1.165, 1.54) is 77.5 Å². The Morgan fingerprint density at radius 1 is 0.500 bits per heavy atom. The first-order valence-corrected chi connectivity index (χ1v) is 27.3. The Balaban J connectivity index is 0.00000688. The zero-order chi connectivity index (χ0) is 53.4. The second kappa shape index (κ2) is 23.0. The molecule has 0 atom stereocenters. The summed E-state index contributed by atoms with van der Waals surface area (Å²) in [4.78, 5) is 15.1. The van der Waals surface area contributed by atoms with Gasteiger partial charge < -0.3 is 15.0 Å². The number of aromatic nitrogens is 3. The minimum atomic E-state index is -2.50. The van der Waals surface area contributed by atoms with Crippen LogP contribution in [0.2, 0.25) is 0 Å². The van der Waals surface area contributed by atoms with E-state index in [1.807, 2.05) is 54.6 Å². The smallest absolute Gasteiger partial charge is 0.304 e. The van der Waals surface area contributed by atoms with E-state index in [-0.39, 0.29) is 36.5 Å². The van der Waals surface area contributed by atoms with Crippen LogP contribution in [-0.4, -0.2) is 15.0 Å². The van der Waals surface area contributed by atoms with Gasteiger partial charge in [-0.05, 0) is 137 Å². The van der Waals surface area contributed by atoms with Crippen LogP contribution in [0.15, 0.2) is 140 Å². The molecule has 0 spiro atoms. The van der Waals surface area contributed by atoms with Gasteiger partial charge in [0.05, 0.1) is 0 Å². The first-order valence-electron chi connectivity index (χ1n) is 29.3. The molecule has 0 unspecified atom stereocenters. The summed E-state index contributed by atoms with van der Waals surface area (Å²) < 4.78 is 41.0. The summed E-state index contributed by atoms with van der Waals surface area (Å²) >= 11 is 0. The van der Waals surface area contributed by atoms with Crippen LogP contribution in [0.4, 0.5) is 0 Å². The summed E-state index contributed by atoms with van der Waals surface area (Å²) in [5, 5.41) is 0. The molecule has 8 aromatic rings. The number of rotatable bonds is 14. The van der Waals surface area contributed by atoms with E-state index in [4.69, 9.17) is 15.0 Å². The van der Waals surface area contributed by atoms with Crippen LogP contribution >= 0.6 is 0 Å². The number of aryl methyl sites for hydroxylation is 6. The summed E-state index contributed by atoms with van der Waals surface area (Å²) in [6, 6.07) is 52.1. The molecule has 0 radical (unpaired) electrons. The Hall–Kier alpha value is -5.80. The van der Waals surface area contributed by atoms with E-state index in [0.717, 1.165) is 96.1 Å². The van der Waals surface area contributed by atoms with Crippen molar-refractivity contribution in [1.82, 2.24) is 15.0 Å². The molecule has 3 heterocycles.